The van der Waals surface area contributed by atoms with Crippen LogP contribution in [0, 0.1) is 0 Å². The van der Waals surface area contributed by atoms with Crippen molar-refractivity contribution in [3.63, 3.8) is 0 Å². The van der Waals surface area contributed by atoms with Crippen molar-refractivity contribution in [2.24, 2.45) is 4.99 Å². The van der Waals surface area contributed by atoms with Crippen molar-refractivity contribution in [2.45, 2.75) is 122 Å². The van der Waals surface area contributed by atoms with Gasteiger partial charge in [0.05, 0.1) is 0 Å². The first kappa shape index (κ1) is 28.9. The zero-order valence-corrected chi connectivity index (χ0v) is 19.2. The van der Waals surface area contributed by atoms with Crippen molar-refractivity contribution < 1.29 is 15.0 Å². The quantitative estimate of drug-likeness (QED) is 0.293. The molecule has 0 aliphatic carbocycles. The Morgan fingerprint density at radius 1 is 0.815 bits per heavy atom. The summed E-state index contributed by atoms with van der Waals surface area (Å²) in [5.74, 6) is -0.824. The Morgan fingerprint density at radius 2 is 1.22 bits per heavy atom. The fourth-order valence-corrected chi connectivity index (χ4v) is 3.15. The van der Waals surface area contributed by atoms with Crippen molar-refractivity contribution >= 4 is 34.9 Å². The van der Waals surface area contributed by atoms with Gasteiger partial charge in [-0.25, -0.2) is 0 Å². The minimum atomic E-state index is -0.903. The van der Waals surface area contributed by atoms with Crippen molar-refractivity contribution in [1.82, 2.24) is 0 Å². The smallest absolute Gasteiger partial charge is 0.862 e. The topological polar surface area (TPSA) is 75.5 Å². The number of nitrogens with zero attached hydrogens (tertiary/aromatic N) is 1. The number of rotatable bonds is 16. The molecule has 0 amide bonds. The number of carboxylic acids is 1. The van der Waals surface area contributed by atoms with E-state index >= 15 is 0 Å². The van der Waals surface area contributed by atoms with Crippen molar-refractivity contribution in [1.29, 1.82) is 0 Å². The van der Waals surface area contributed by atoms with Gasteiger partial charge in [-0.3, -0.25) is 0 Å². The molecule has 1 aliphatic heterocycles. The van der Waals surface area contributed by atoms with Crippen molar-refractivity contribution in [3.8, 4) is 0 Å². The second-order valence-corrected chi connectivity index (χ2v) is 7.45. The summed E-state index contributed by atoms with van der Waals surface area (Å²) in [4.78, 5) is 13.8. The summed E-state index contributed by atoms with van der Waals surface area (Å²) in [5.41, 5.74) is 0. The van der Waals surface area contributed by atoms with Gasteiger partial charge in [0.25, 0.3) is 0 Å². The largest absolute Gasteiger partial charge is 2.00 e. The Balaban J connectivity index is 0. The van der Waals surface area contributed by atoms with Crippen LogP contribution in [0.3, 0.4) is 0 Å². The number of hydrogen-bond acceptors (Lipinski definition) is 4. The van der Waals surface area contributed by atoms with E-state index < -0.39 is 5.97 Å². The third kappa shape index (κ3) is 25.7. The Labute approximate surface area is 183 Å². The molecule has 1 rings (SSSR count). The van der Waals surface area contributed by atoms with Gasteiger partial charge >= 0.3 is 23.1 Å². The Hall–Kier alpha value is -0.294. The van der Waals surface area contributed by atoms with Gasteiger partial charge in [0.2, 0.25) is 0 Å². The number of unbranched alkanes of at least 4 members (excludes halogenated alkanes) is 14. The molecule has 0 bridgehead atoms. The average Bonchev–Trinajstić information content (AvgIpc) is 3.09. The number of carbonyl (C=O) groups is 1. The predicted molar refractivity (Wildman–Crippen MR) is 112 cm³/mol. The summed E-state index contributed by atoms with van der Waals surface area (Å²) in [6.07, 6.45) is 21.5. The summed E-state index contributed by atoms with van der Waals surface area (Å²) in [6, 6.07) is 0. The molecule has 0 atom stereocenters. The number of carbonyl (C=O) groups excluding carboxylic acids is 1. The third-order valence-electron chi connectivity index (χ3n) is 4.82. The molecule has 154 valence electrons. The predicted octanol–water partition coefficient (Wildman–Crippen LogP) is 4.16. The summed E-state index contributed by atoms with van der Waals surface area (Å²) >= 11 is 0. The molecule has 0 aromatic heterocycles. The molecule has 0 N–H and O–H groups in total. The van der Waals surface area contributed by atoms with Crippen LogP contribution < -0.4 is 10.2 Å². The molecule has 0 saturated carbocycles. The first-order valence-electron chi connectivity index (χ1n) is 11.1. The van der Waals surface area contributed by atoms with E-state index in [9.17, 15) is 15.0 Å². The number of aliphatic carboxylic acids is 1. The van der Waals surface area contributed by atoms with E-state index in [1.807, 2.05) is 0 Å². The van der Waals surface area contributed by atoms with Crippen LogP contribution in [0.1, 0.15) is 122 Å². The Kier molecular flexibility index (Phi) is 25.4. The molecular weight excluding hydrogens is 351 g/mol. The van der Waals surface area contributed by atoms with Gasteiger partial charge in [-0.05, 0) is 31.6 Å². The Bertz CT molecular complexity index is 348. The minimum absolute atomic E-state index is 0. The number of aliphatic imine (C=N–C) groups is 1. The second-order valence-electron chi connectivity index (χ2n) is 7.45. The zero-order chi connectivity index (χ0) is 19.3. The van der Waals surface area contributed by atoms with E-state index in [2.05, 4.69) is 11.9 Å². The van der Waals surface area contributed by atoms with Gasteiger partial charge in [0.1, 0.15) is 0 Å². The molecule has 0 aromatic carbocycles. The average molecular weight is 392 g/mol. The first-order chi connectivity index (χ1) is 12.7. The molecule has 0 aromatic rings. The summed E-state index contributed by atoms with van der Waals surface area (Å²) < 4.78 is 0. The van der Waals surface area contributed by atoms with Crippen LogP contribution in [0.5, 0.6) is 0 Å². The molecule has 0 radical (unpaired) electrons. The first-order valence-corrected chi connectivity index (χ1v) is 11.1. The van der Waals surface area contributed by atoms with Gasteiger partial charge in [0, 0.05) is 12.5 Å². The molecule has 0 spiro atoms. The van der Waals surface area contributed by atoms with Crippen LogP contribution in [-0.4, -0.2) is 41.5 Å². The zero-order valence-electron chi connectivity index (χ0n) is 17.8. The molecule has 27 heavy (non-hydrogen) atoms. The fourth-order valence-electron chi connectivity index (χ4n) is 3.15. The normalized spacial score (nSPS) is 12.7. The van der Waals surface area contributed by atoms with Crippen LogP contribution in [0.4, 0.5) is 0 Å². The molecule has 0 saturated heterocycles. The third-order valence-corrected chi connectivity index (χ3v) is 4.82. The van der Waals surface area contributed by atoms with Crippen LogP contribution in [-0.2, 0) is 4.79 Å². The summed E-state index contributed by atoms with van der Waals surface area (Å²) in [7, 11) is 0. The van der Waals surface area contributed by atoms with Crippen LogP contribution >= 0.6 is 0 Å². The fraction of sp³-hybridized carbons (Fsp3) is 0.909. The standard InChI is InChI=1S/C18H36O2.C4H7NO.Mg/c1-2-3-4-5-6-7-8-9-10-11-12-13-14-15-16-17-18(19)20;6-4-2-1-3-5-4;/h2-17H2,1H3,(H,19,20);1-3H2,(H,5,6);/q;;+2/p-2. The maximum atomic E-state index is 10.2. The molecule has 5 heteroatoms. The number of carboxylic acid groups (broad SMARTS) is 1. The van der Waals surface area contributed by atoms with E-state index in [0.717, 1.165) is 25.8 Å². The summed E-state index contributed by atoms with van der Waals surface area (Å²) in [5, 5.41) is 20.3. The van der Waals surface area contributed by atoms with Crippen molar-refractivity contribution in [3.05, 3.63) is 0 Å². The van der Waals surface area contributed by atoms with Crippen LogP contribution in [0.25, 0.3) is 0 Å². The molecule has 1 aliphatic rings. The van der Waals surface area contributed by atoms with Crippen molar-refractivity contribution in [2.75, 3.05) is 6.54 Å². The summed E-state index contributed by atoms with van der Waals surface area (Å²) in [6.45, 7) is 3.03. The molecule has 4 nitrogen and oxygen atoms in total. The SMILES string of the molecule is CCCCCCCCCCCCCCCCCC(=O)[O-].[Mg+2].[O-]C1=NCCC1. The van der Waals surface area contributed by atoms with E-state index in [1.54, 1.807) is 0 Å². The van der Waals surface area contributed by atoms with Crippen LogP contribution in [0.2, 0.25) is 0 Å². The van der Waals surface area contributed by atoms with E-state index in [-0.39, 0.29) is 35.4 Å². The van der Waals surface area contributed by atoms with E-state index in [1.165, 1.54) is 83.5 Å². The van der Waals surface area contributed by atoms with E-state index in [0.29, 0.717) is 6.42 Å². The molecule has 0 fully saturated rings. The maximum absolute atomic E-state index is 10.2. The number of hydrogen-bond donors (Lipinski definition) is 0. The molecule has 1 heterocycles. The Morgan fingerprint density at radius 3 is 1.48 bits per heavy atom. The van der Waals surface area contributed by atoms with Gasteiger partial charge in [-0.15, -0.1) is 0 Å². The maximum Gasteiger partial charge on any atom is 2.00 e. The second kappa shape index (κ2) is 23.7. The van der Waals surface area contributed by atoms with Gasteiger partial charge in [-0.1, -0.05) is 96.8 Å². The molecule has 0 unspecified atom stereocenters. The molecular formula is C22H41MgNO3. The van der Waals surface area contributed by atoms with Gasteiger partial charge in [0.15, 0.2) is 0 Å². The van der Waals surface area contributed by atoms with Crippen LogP contribution in [0.15, 0.2) is 4.99 Å². The van der Waals surface area contributed by atoms with E-state index in [4.69, 9.17) is 0 Å². The van der Waals surface area contributed by atoms with Gasteiger partial charge < -0.3 is 20.0 Å². The monoisotopic (exact) mass is 391 g/mol. The minimum Gasteiger partial charge on any atom is -0.862 e. The van der Waals surface area contributed by atoms with Gasteiger partial charge in [-0.2, -0.15) is 0 Å².